The van der Waals surface area contributed by atoms with Crippen molar-refractivity contribution in [2.45, 2.75) is 56.6 Å². The summed E-state index contributed by atoms with van der Waals surface area (Å²) >= 11 is 3.54. The molecule has 4 aliphatic carbocycles. The lowest BCUT2D eigenvalue weighted by atomic mass is 9.45. The van der Waals surface area contributed by atoms with Gasteiger partial charge in [0.25, 0.3) is 0 Å². The summed E-state index contributed by atoms with van der Waals surface area (Å²) in [6, 6.07) is 0. The van der Waals surface area contributed by atoms with Crippen LogP contribution in [0.2, 0.25) is 0 Å². The van der Waals surface area contributed by atoms with E-state index in [2.05, 4.69) is 15.9 Å². The first-order valence-corrected chi connectivity index (χ1v) is 5.75. The third-order valence-electron chi connectivity index (χ3n) is 3.43. The monoisotopic (exact) mass is 248 g/mol. The first-order chi connectivity index (χ1) is 8.27. The molecule has 0 radical (unpaired) electrons. The highest BCUT2D eigenvalue weighted by Gasteiger charge is 2.59. The van der Waals surface area contributed by atoms with Crippen molar-refractivity contribution in [3.05, 3.63) is 0 Å². The Balaban J connectivity index is 2.31. The van der Waals surface area contributed by atoms with Crippen LogP contribution in [0.15, 0.2) is 0 Å². The first kappa shape index (κ1) is 4.55. The van der Waals surface area contributed by atoms with Gasteiger partial charge in [-0.25, -0.2) is 0 Å². The van der Waals surface area contributed by atoms with Crippen LogP contribution in [0.5, 0.6) is 0 Å². The Morgan fingerprint density at radius 2 is 2.00 bits per heavy atom. The fraction of sp³-hybridized carbons (Fsp3) is 1.00. The molecule has 0 N–H and O–H groups in total. The van der Waals surface area contributed by atoms with Crippen molar-refractivity contribution in [2.24, 2.45) is 16.7 Å². The van der Waals surface area contributed by atoms with Crippen LogP contribution in [-0.2, 0) is 0 Å². The molecule has 0 heterocycles. The maximum Gasteiger partial charge on any atom is 0.0286 e. The lowest BCUT2D eigenvalue weighted by Gasteiger charge is -2.63. The summed E-state index contributed by atoms with van der Waals surface area (Å²) in [5.41, 5.74) is -2.30. The summed E-state index contributed by atoms with van der Waals surface area (Å²) in [6.07, 6.45) is -4.17. The number of hydrogen-bond acceptors (Lipinski definition) is 0. The van der Waals surface area contributed by atoms with Crippen molar-refractivity contribution < 1.29 is 8.22 Å². The molecule has 4 aliphatic rings. The topological polar surface area (TPSA) is 0 Å². The van der Waals surface area contributed by atoms with Crippen molar-refractivity contribution >= 4 is 15.9 Å². The third-order valence-corrected chi connectivity index (χ3v) is 4.24. The summed E-state index contributed by atoms with van der Waals surface area (Å²) in [5.74, 6) is -0.275. The molecule has 0 aromatic heterocycles. The molecule has 0 aliphatic heterocycles. The van der Waals surface area contributed by atoms with Crippen molar-refractivity contribution in [3.8, 4) is 0 Å². The lowest BCUT2D eigenvalue weighted by Crippen LogP contribution is -2.55. The van der Waals surface area contributed by atoms with E-state index in [0.29, 0.717) is 6.42 Å². The van der Waals surface area contributed by atoms with Gasteiger partial charge in [0.05, 0.1) is 0 Å². The maximum absolute atomic E-state index is 8.51. The van der Waals surface area contributed by atoms with Crippen molar-refractivity contribution in [1.82, 2.24) is 0 Å². The molecule has 4 atom stereocenters. The SMILES string of the molecule is [2H]C1([2H])C2CC3(Br)CC1(C)C([2H])([2H])C(C)(C2)C3([2H])[2H]. The van der Waals surface area contributed by atoms with Gasteiger partial charge in [0, 0.05) is 12.5 Å². The Morgan fingerprint density at radius 3 is 2.77 bits per heavy atom. The zero-order chi connectivity index (χ0) is 14.7. The van der Waals surface area contributed by atoms with Crippen LogP contribution in [0.4, 0.5) is 0 Å². The van der Waals surface area contributed by atoms with Crippen LogP contribution >= 0.6 is 15.9 Å². The van der Waals surface area contributed by atoms with Gasteiger partial charge in [0.1, 0.15) is 0 Å². The molecule has 1 heteroatoms. The molecule has 4 fully saturated rings. The number of rotatable bonds is 0. The smallest absolute Gasteiger partial charge is 0.0286 e. The Hall–Kier alpha value is 0.480. The average molecular weight is 249 g/mol. The summed E-state index contributed by atoms with van der Waals surface area (Å²) in [6.45, 7) is 3.34. The standard InChI is InChI=1S/C12H19Br/c1-10-3-9-4-11(2,6-10)8-12(13,5-9)7-10/h9H,3-8H2,1-2H3/i3D2,6D2,8D2. The van der Waals surface area contributed by atoms with Gasteiger partial charge in [-0.1, -0.05) is 29.8 Å². The van der Waals surface area contributed by atoms with E-state index in [1.165, 1.54) is 0 Å². The van der Waals surface area contributed by atoms with E-state index in [1.807, 2.05) is 0 Å². The average Bonchev–Trinajstić information content (AvgIpc) is 2.21. The van der Waals surface area contributed by atoms with E-state index in [9.17, 15) is 0 Å². The molecule has 0 aromatic rings. The second-order valence-electron chi connectivity index (χ2n) is 5.31. The molecule has 4 saturated carbocycles. The van der Waals surface area contributed by atoms with Crippen LogP contribution in [0.25, 0.3) is 0 Å². The van der Waals surface area contributed by atoms with Gasteiger partial charge >= 0.3 is 0 Å². The molecule has 0 saturated heterocycles. The Kier molecular flexibility index (Phi) is 0.762. The van der Waals surface area contributed by atoms with E-state index in [-0.39, 0.29) is 18.8 Å². The number of halogens is 1. The molecule has 0 nitrogen and oxygen atoms in total. The highest BCUT2D eigenvalue weighted by atomic mass is 79.9. The first-order valence-electron chi connectivity index (χ1n) is 7.96. The maximum atomic E-state index is 8.51. The van der Waals surface area contributed by atoms with E-state index < -0.39 is 34.3 Å². The van der Waals surface area contributed by atoms with Crippen LogP contribution in [-0.4, -0.2) is 4.32 Å². The number of hydrogen-bond donors (Lipinski definition) is 0. The van der Waals surface area contributed by atoms with E-state index in [0.717, 1.165) is 0 Å². The zero-order valence-corrected chi connectivity index (χ0v) is 9.66. The molecule has 0 amide bonds. The van der Waals surface area contributed by atoms with Crippen molar-refractivity contribution in [3.63, 3.8) is 0 Å². The van der Waals surface area contributed by atoms with Crippen LogP contribution in [0, 0.1) is 16.7 Å². The van der Waals surface area contributed by atoms with Gasteiger partial charge in [-0.15, -0.1) is 0 Å². The van der Waals surface area contributed by atoms with Crippen molar-refractivity contribution in [1.29, 1.82) is 0 Å². The van der Waals surface area contributed by atoms with E-state index in [1.54, 1.807) is 13.8 Å². The molecule has 13 heavy (non-hydrogen) atoms. The van der Waals surface area contributed by atoms with Crippen LogP contribution in [0.1, 0.15) is 60.5 Å². The number of alkyl halides is 1. The minimum absolute atomic E-state index is 0.207. The van der Waals surface area contributed by atoms with Gasteiger partial charge in [-0.2, -0.15) is 0 Å². The molecule has 74 valence electrons. The summed E-state index contributed by atoms with van der Waals surface area (Å²) in [5, 5.41) is 0. The molecule has 0 aromatic carbocycles. The molecule has 4 bridgehead atoms. The Bertz CT molecular complexity index is 457. The van der Waals surface area contributed by atoms with Gasteiger partial charge in [-0.05, 0) is 55.1 Å². The van der Waals surface area contributed by atoms with Gasteiger partial charge in [0.2, 0.25) is 0 Å². The van der Waals surface area contributed by atoms with Gasteiger partial charge in [0.15, 0.2) is 0 Å². The molecule has 4 rings (SSSR count). The second-order valence-corrected chi connectivity index (χ2v) is 6.82. The Morgan fingerprint density at radius 1 is 1.23 bits per heavy atom. The van der Waals surface area contributed by atoms with E-state index in [4.69, 9.17) is 8.22 Å². The van der Waals surface area contributed by atoms with Crippen molar-refractivity contribution in [2.75, 3.05) is 0 Å². The third kappa shape index (κ3) is 1.22. The largest absolute Gasteiger partial charge is 0.0853 e. The molecular weight excluding hydrogens is 224 g/mol. The predicted molar refractivity (Wildman–Crippen MR) is 59.1 cm³/mol. The molecular formula is C12H19Br. The minimum Gasteiger partial charge on any atom is -0.0853 e. The van der Waals surface area contributed by atoms with Gasteiger partial charge in [-0.3, -0.25) is 0 Å². The lowest BCUT2D eigenvalue weighted by molar-refractivity contribution is -0.0755. The van der Waals surface area contributed by atoms with E-state index >= 15 is 0 Å². The predicted octanol–water partition coefficient (Wildman–Crippen LogP) is 4.13. The highest BCUT2D eigenvalue weighted by molar-refractivity contribution is 9.10. The second kappa shape index (κ2) is 2.18. The summed E-state index contributed by atoms with van der Waals surface area (Å²) in [7, 11) is 0. The minimum atomic E-state index is -1.86. The fourth-order valence-corrected chi connectivity index (χ4v) is 4.99. The molecule has 4 unspecified atom stereocenters. The zero-order valence-electron chi connectivity index (χ0n) is 14.1. The quantitative estimate of drug-likeness (QED) is 0.566. The normalized spacial score (nSPS) is 82.8. The van der Waals surface area contributed by atoms with Crippen LogP contribution in [0.3, 0.4) is 0 Å². The van der Waals surface area contributed by atoms with Gasteiger partial charge < -0.3 is 0 Å². The Labute approximate surface area is 98.0 Å². The van der Waals surface area contributed by atoms with Crippen LogP contribution < -0.4 is 0 Å². The highest BCUT2D eigenvalue weighted by Crippen LogP contribution is 2.68. The fourth-order valence-electron chi connectivity index (χ4n) is 3.60. The molecule has 0 spiro atoms. The summed E-state index contributed by atoms with van der Waals surface area (Å²) < 4.78 is 49.9. The summed E-state index contributed by atoms with van der Waals surface area (Å²) in [4.78, 5) is 0.